The van der Waals surface area contributed by atoms with Crippen molar-refractivity contribution in [3.8, 4) is 5.75 Å². The van der Waals surface area contributed by atoms with Crippen LogP contribution in [0, 0.1) is 0 Å². The van der Waals surface area contributed by atoms with Crippen LogP contribution < -0.4 is 16.2 Å². The highest BCUT2D eigenvalue weighted by Crippen LogP contribution is 2.10. The lowest BCUT2D eigenvalue weighted by molar-refractivity contribution is 0.475. The molecule has 0 aliphatic carbocycles. The van der Waals surface area contributed by atoms with Crippen LogP contribution in [-0.4, -0.2) is 35.0 Å². The molecule has 6 heteroatoms. The number of hydrogen-bond acceptors (Lipinski definition) is 5. The van der Waals surface area contributed by atoms with Crippen molar-refractivity contribution in [3.05, 3.63) is 52.4 Å². The summed E-state index contributed by atoms with van der Waals surface area (Å²) < 4.78 is 1.38. The lowest BCUT2D eigenvalue weighted by atomic mass is 10.2. The lowest BCUT2D eigenvalue weighted by Crippen LogP contribution is -2.24. The van der Waals surface area contributed by atoms with Crippen molar-refractivity contribution in [1.82, 2.24) is 15.1 Å². The second-order valence-corrected chi connectivity index (χ2v) is 4.44. The van der Waals surface area contributed by atoms with Crippen molar-refractivity contribution < 1.29 is 5.11 Å². The molecule has 0 unspecified atom stereocenters. The second-order valence-electron chi connectivity index (χ2n) is 4.44. The summed E-state index contributed by atoms with van der Waals surface area (Å²) in [5, 5.41) is 19.5. The van der Waals surface area contributed by atoms with Crippen LogP contribution in [0.5, 0.6) is 5.75 Å². The Kier molecular flexibility index (Phi) is 4.73. The highest BCUT2D eigenvalue weighted by atomic mass is 16.3. The van der Waals surface area contributed by atoms with Crippen molar-refractivity contribution >= 4 is 5.69 Å². The van der Waals surface area contributed by atoms with Crippen LogP contribution in [0.2, 0.25) is 0 Å². The number of anilines is 1. The largest absolute Gasteiger partial charge is 0.508 e. The van der Waals surface area contributed by atoms with E-state index in [9.17, 15) is 9.90 Å². The average Bonchev–Trinajstić information content (AvgIpc) is 2.44. The van der Waals surface area contributed by atoms with E-state index < -0.39 is 0 Å². The smallest absolute Gasteiger partial charge is 0.269 e. The van der Waals surface area contributed by atoms with Crippen LogP contribution in [0.3, 0.4) is 0 Å². The van der Waals surface area contributed by atoms with Gasteiger partial charge in [0.05, 0.1) is 18.4 Å². The molecular formula is C14H18N4O2. The maximum absolute atomic E-state index is 11.9. The van der Waals surface area contributed by atoms with Gasteiger partial charge in [0.15, 0.2) is 0 Å². The van der Waals surface area contributed by atoms with E-state index in [1.54, 1.807) is 30.5 Å². The topological polar surface area (TPSA) is 79.2 Å². The van der Waals surface area contributed by atoms with Crippen LogP contribution >= 0.6 is 0 Å². The fraction of sp³-hybridized carbons (Fsp3) is 0.286. The van der Waals surface area contributed by atoms with Gasteiger partial charge < -0.3 is 15.7 Å². The molecule has 0 spiro atoms. The number of aromatic hydroxyl groups is 1. The molecule has 0 saturated heterocycles. The molecule has 106 valence electrons. The Morgan fingerprint density at radius 2 is 2.00 bits per heavy atom. The molecule has 20 heavy (non-hydrogen) atoms. The molecule has 2 aromatic rings. The van der Waals surface area contributed by atoms with Gasteiger partial charge >= 0.3 is 0 Å². The van der Waals surface area contributed by atoms with E-state index in [0.29, 0.717) is 12.2 Å². The third kappa shape index (κ3) is 3.83. The molecule has 1 aromatic carbocycles. The summed E-state index contributed by atoms with van der Waals surface area (Å²) in [7, 11) is 1.87. The SMILES string of the molecule is CNCCNc1cnn(Cc2ccc(O)cc2)c(=O)c1. The van der Waals surface area contributed by atoms with Crippen LogP contribution in [0.25, 0.3) is 0 Å². The van der Waals surface area contributed by atoms with Gasteiger partial charge in [0.1, 0.15) is 5.75 Å². The number of benzene rings is 1. The Bertz CT molecular complexity index is 607. The van der Waals surface area contributed by atoms with Crippen LogP contribution in [0.15, 0.2) is 41.3 Å². The third-order valence-corrected chi connectivity index (χ3v) is 2.84. The van der Waals surface area contributed by atoms with Crippen LogP contribution in [-0.2, 0) is 6.54 Å². The highest BCUT2D eigenvalue weighted by molar-refractivity contribution is 5.38. The standard InChI is InChI=1S/C14H18N4O2/c1-15-6-7-16-12-8-14(20)18(17-9-12)10-11-2-4-13(19)5-3-11/h2-5,8-9,15-16,19H,6-7,10H2,1H3. The van der Waals surface area contributed by atoms with Gasteiger partial charge in [-0.05, 0) is 24.7 Å². The lowest BCUT2D eigenvalue weighted by Gasteiger charge is -2.08. The molecule has 6 nitrogen and oxygen atoms in total. The maximum atomic E-state index is 11.9. The first kappa shape index (κ1) is 14.1. The number of hydrogen-bond donors (Lipinski definition) is 3. The molecule has 3 N–H and O–H groups in total. The van der Waals surface area contributed by atoms with E-state index in [0.717, 1.165) is 18.7 Å². The highest BCUT2D eigenvalue weighted by Gasteiger charge is 2.01. The summed E-state index contributed by atoms with van der Waals surface area (Å²) in [6.45, 7) is 1.94. The zero-order chi connectivity index (χ0) is 14.4. The van der Waals surface area contributed by atoms with Gasteiger partial charge in [-0.2, -0.15) is 5.10 Å². The molecule has 1 aromatic heterocycles. The van der Waals surface area contributed by atoms with E-state index >= 15 is 0 Å². The van der Waals surface area contributed by atoms with Gasteiger partial charge in [-0.25, -0.2) is 4.68 Å². The minimum atomic E-state index is -0.160. The zero-order valence-corrected chi connectivity index (χ0v) is 11.3. The summed E-state index contributed by atoms with van der Waals surface area (Å²) in [6, 6.07) is 8.25. The van der Waals surface area contributed by atoms with Crippen molar-refractivity contribution in [2.75, 3.05) is 25.5 Å². The monoisotopic (exact) mass is 274 g/mol. The number of nitrogens with one attached hydrogen (secondary N) is 2. The molecule has 0 amide bonds. The summed E-state index contributed by atoms with van der Waals surface area (Å²) in [5.74, 6) is 0.207. The summed E-state index contributed by atoms with van der Waals surface area (Å²) >= 11 is 0. The molecule has 0 aliphatic heterocycles. The first-order chi connectivity index (χ1) is 9.69. The van der Waals surface area contributed by atoms with E-state index in [2.05, 4.69) is 15.7 Å². The number of likely N-dealkylation sites (N-methyl/N-ethyl adjacent to an activating group) is 1. The molecule has 0 radical (unpaired) electrons. The minimum Gasteiger partial charge on any atom is -0.508 e. The molecule has 1 heterocycles. The van der Waals surface area contributed by atoms with Crippen molar-refractivity contribution in [2.45, 2.75) is 6.54 Å². The van der Waals surface area contributed by atoms with E-state index in [-0.39, 0.29) is 11.3 Å². The Morgan fingerprint density at radius 3 is 2.65 bits per heavy atom. The second kappa shape index (κ2) is 6.72. The Balaban J connectivity index is 2.06. The molecular weight excluding hydrogens is 256 g/mol. The number of phenolic OH excluding ortho intramolecular Hbond substituents is 1. The Morgan fingerprint density at radius 1 is 1.25 bits per heavy atom. The Labute approximate surface area is 117 Å². The quantitative estimate of drug-likeness (QED) is 0.673. The predicted octanol–water partition coefficient (Wildman–Crippen LogP) is 0.628. The fourth-order valence-electron chi connectivity index (χ4n) is 1.76. The van der Waals surface area contributed by atoms with E-state index in [4.69, 9.17) is 0 Å². The van der Waals surface area contributed by atoms with E-state index in [1.165, 1.54) is 10.7 Å². The van der Waals surface area contributed by atoms with Crippen LogP contribution in [0.4, 0.5) is 5.69 Å². The zero-order valence-electron chi connectivity index (χ0n) is 11.3. The average molecular weight is 274 g/mol. The van der Waals surface area contributed by atoms with Gasteiger partial charge in [0, 0.05) is 19.2 Å². The first-order valence-corrected chi connectivity index (χ1v) is 6.42. The summed E-state index contributed by atoms with van der Waals surface area (Å²) in [6.07, 6.45) is 1.64. The molecule has 0 atom stereocenters. The fourth-order valence-corrected chi connectivity index (χ4v) is 1.76. The minimum absolute atomic E-state index is 0.160. The van der Waals surface area contributed by atoms with Crippen molar-refractivity contribution in [2.24, 2.45) is 0 Å². The van der Waals surface area contributed by atoms with Crippen molar-refractivity contribution in [3.63, 3.8) is 0 Å². The van der Waals surface area contributed by atoms with Gasteiger partial charge in [-0.15, -0.1) is 0 Å². The van der Waals surface area contributed by atoms with Gasteiger partial charge in [0.25, 0.3) is 5.56 Å². The third-order valence-electron chi connectivity index (χ3n) is 2.84. The first-order valence-electron chi connectivity index (χ1n) is 6.42. The van der Waals surface area contributed by atoms with Crippen LogP contribution in [0.1, 0.15) is 5.56 Å². The van der Waals surface area contributed by atoms with Crippen molar-refractivity contribution in [1.29, 1.82) is 0 Å². The Hall–Kier alpha value is -2.34. The van der Waals surface area contributed by atoms with E-state index in [1.807, 2.05) is 7.05 Å². The number of rotatable bonds is 6. The summed E-state index contributed by atoms with van der Waals surface area (Å²) in [5.41, 5.74) is 1.47. The normalized spacial score (nSPS) is 10.4. The van der Waals surface area contributed by atoms with Gasteiger partial charge in [-0.1, -0.05) is 12.1 Å². The van der Waals surface area contributed by atoms with Gasteiger partial charge in [-0.3, -0.25) is 4.79 Å². The number of phenols is 1. The summed E-state index contributed by atoms with van der Waals surface area (Å²) in [4.78, 5) is 11.9. The molecule has 0 fully saturated rings. The molecule has 2 rings (SSSR count). The molecule has 0 saturated carbocycles. The number of nitrogens with zero attached hydrogens (tertiary/aromatic N) is 2. The number of aromatic nitrogens is 2. The molecule has 0 aliphatic rings. The maximum Gasteiger partial charge on any atom is 0.269 e. The predicted molar refractivity (Wildman–Crippen MR) is 78.1 cm³/mol. The van der Waals surface area contributed by atoms with Gasteiger partial charge in [0.2, 0.25) is 0 Å². The molecule has 0 bridgehead atoms.